The minimum Gasteiger partial charge on any atom is -0.508 e. The zero-order valence-corrected chi connectivity index (χ0v) is 13.7. The molecule has 0 radical (unpaired) electrons. The zero-order chi connectivity index (χ0) is 17.0. The normalized spacial score (nSPS) is 10.9. The van der Waals surface area contributed by atoms with Crippen LogP contribution in [0.3, 0.4) is 0 Å². The Bertz CT molecular complexity index is 705. The fourth-order valence-corrected chi connectivity index (χ4v) is 3.10. The topological polar surface area (TPSA) is 88.5 Å². The van der Waals surface area contributed by atoms with Crippen molar-refractivity contribution in [1.82, 2.24) is 4.57 Å². The molecule has 0 aliphatic heterocycles. The minimum absolute atomic E-state index is 0.0938. The van der Waals surface area contributed by atoms with Crippen molar-refractivity contribution in [2.45, 2.75) is 39.7 Å². The predicted molar refractivity (Wildman–Crippen MR) is 90.5 cm³/mol. The number of carbonyl (C=O) groups excluding carboxylic acids is 1. The van der Waals surface area contributed by atoms with Crippen LogP contribution in [0.15, 0.2) is 24.3 Å². The Hall–Kier alpha value is -2.27. The second-order valence-corrected chi connectivity index (χ2v) is 5.68. The fraction of sp³-hybridized carbons (Fsp3) is 0.389. The molecule has 0 aliphatic rings. The minimum atomic E-state index is -0.471. The van der Waals surface area contributed by atoms with Gasteiger partial charge in [-0.25, -0.2) is 0 Å². The number of nitrogens with two attached hydrogens (primary N) is 1. The smallest absolute Gasteiger partial charge is 0.251 e. The molecular weight excluding hydrogens is 292 g/mol. The summed E-state index contributed by atoms with van der Waals surface area (Å²) in [6.07, 6.45) is 2.33. The Kier molecular flexibility index (Phi) is 5.45. The Morgan fingerprint density at radius 2 is 2.09 bits per heavy atom. The molecule has 5 heteroatoms. The highest BCUT2D eigenvalue weighted by Gasteiger charge is 2.24. The molecule has 23 heavy (non-hydrogen) atoms. The average Bonchev–Trinajstić information content (AvgIpc) is 2.78. The number of aliphatic hydroxyl groups is 1. The van der Waals surface area contributed by atoms with Crippen LogP contribution in [0.4, 0.5) is 0 Å². The van der Waals surface area contributed by atoms with Crippen molar-refractivity contribution in [3.63, 3.8) is 0 Å². The number of primary amides is 1. The molecule has 1 aromatic carbocycles. The van der Waals surface area contributed by atoms with Crippen molar-refractivity contribution < 1.29 is 15.0 Å². The second-order valence-electron chi connectivity index (χ2n) is 5.68. The molecule has 0 saturated heterocycles. The van der Waals surface area contributed by atoms with Gasteiger partial charge in [-0.15, -0.1) is 0 Å². The monoisotopic (exact) mass is 316 g/mol. The van der Waals surface area contributed by atoms with Crippen LogP contribution in [0.5, 0.6) is 5.75 Å². The van der Waals surface area contributed by atoms with Gasteiger partial charge in [0.15, 0.2) is 0 Å². The summed E-state index contributed by atoms with van der Waals surface area (Å²) in [6, 6.07) is 6.88. The number of amides is 1. The number of hydrogen-bond donors (Lipinski definition) is 3. The number of phenols is 1. The van der Waals surface area contributed by atoms with Gasteiger partial charge in [0.1, 0.15) is 5.75 Å². The fourth-order valence-electron chi connectivity index (χ4n) is 3.10. The number of hydrogen-bond acceptors (Lipinski definition) is 3. The summed E-state index contributed by atoms with van der Waals surface area (Å²) in [7, 11) is 0. The van der Waals surface area contributed by atoms with Crippen LogP contribution in [0.25, 0.3) is 11.1 Å². The molecule has 4 N–H and O–H groups in total. The van der Waals surface area contributed by atoms with Gasteiger partial charge in [-0.05, 0) is 37.5 Å². The van der Waals surface area contributed by atoms with Gasteiger partial charge in [0, 0.05) is 30.1 Å². The molecule has 1 heterocycles. The van der Waals surface area contributed by atoms with Gasteiger partial charge in [0.2, 0.25) is 0 Å². The quantitative estimate of drug-likeness (QED) is 0.733. The van der Waals surface area contributed by atoms with Gasteiger partial charge in [0.25, 0.3) is 5.91 Å². The van der Waals surface area contributed by atoms with Gasteiger partial charge in [-0.1, -0.05) is 25.5 Å². The van der Waals surface area contributed by atoms with Gasteiger partial charge >= 0.3 is 0 Å². The lowest BCUT2D eigenvalue weighted by molar-refractivity contribution is 0.1000. The first-order valence-corrected chi connectivity index (χ1v) is 7.93. The third kappa shape index (κ3) is 3.40. The van der Waals surface area contributed by atoms with E-state index in [4.69, 9.17) is 10.8 Å². The highest BCUT2D eigenvalue weighted by atomic mass is 16.3. The maximum Gasteiger partial charge on any atom is 0.251 e. The van der Waals surface area contributed by atoms with E-state index in [1.54, 1.807) is 18.2 Å². The predicted octanol–water partition coefficient (Wildman–Crippen LogP) is 2.60. The van der Waals surface area contributed by atoms with Crippen molar-refractivity contribution in [3.8, 4) is 16.9 Å². The summed E-state index contributed by atoms with van der Waals surface area (Å²) in [6.45, 7) is 4.69. The molecule has 0 unspecified atom stereocenters. The van der Waals surface area contributed by atoms with Crippen molar-refractivity contribution in [1.29, 1.82) is 0 Å². The van der Waals surface area contributed by atoms with Gasteiger partial charge < -0.3 is 20.5 Å². The van der Waals surface area contributed by atoms with Crippen LogP contribution >= 0.6 is 0 Å². The van der Waals surface area contributed by atoms with Crippen LogP contribution in [0.1, 0.15) is 41.5 Å². The van der Waals surface area contributed by atoms with E-state index in [2.05, 4.69) is 11.5 Å². The van der Waals surface area contributed by atoms with E-state index in [0.29, 0.717) is 18.5 Å². The molecule has 0 saturated carbocycles. The van der Waals surface area contributed by atoms with E-state index in [9.17, 15) is 9.90 Å². The van der Waals surface area contributed by atoms with Crippen LogP contribution in [0.2, 0.25) is 0 Å². The van der Waals surface area contributed by atoms with E-state index in [1.807, 2.05) is 13.0 Å². The summed E-state index contributed by atoms with van der Waals surface area (Å²) in [4.78, 5) is 12.0. The van der Waals surface area contributed by atoms with Gasteiger partial charge in [-0.3, -0.25) is 4.79 Å². The highest BCUT2D eigenvalue weighted by molar-refractivity contribution is 6.02. The number of aliphatic hydroxyl groups excluding tert-OH is 1. The summed E-state index contributed by atoms with van der Waals surface area (Å²) in [5, 5.41) is 18.9. The SMILES string of the molecule is CCCc1c(-c2cccc(O)c2)c(C(N)=O)c(C)n1CCCO. The third-order valence-electron chi connectivity index (χ3n) is 4.04. The van der Waals surface area contributed by atoms with Crippen molar-refractivity contribution in [3.05, 3.63) is 41.2 Å². The summed E-state index contributed by atoms with van der Waals surface area (Å²) >= 11 is 0. The lowest BCUT2D eigenvalue weighted by Gasteiger charge is -2.12. The average molecular weight is 316 g/mol. The number of rotatable bonds is 7. The highest BCUT2D eigenvalue weighted by Crippen LogP contribution is 2.35. The standard InChI is InChI=1S/C18H24N2O3/c1-3-6-15-17(13-7-4-8-14(22)11-13)16(18(19)23)12(2)20(15)9-5-10-21/h4,7-8,11,21-22H,3,5-6,9-10H2,1-2H3,(H2,19,23). The number of phenolic OH excluding ortho intramolecular Hbond substituents is 1. The van der Waals surface area contributed by atoms with Crippen LogP contribution in [0, 0.1) is 6.92 Å². The molecule has 0 aliphatic carbocycles. The molecule has 1 aromatic heterocycles. The molecule has 2 aromatic rings. The number of carbonyl (C=O) groups is 1. The van der Waals surface area contributed by atoms with Crippen LogP contribution in [-0.2, 0) is 13.0 Å². The molecule has 0 atom stereocenters. The Morgan fingerprint density at radius 3 is 2.65 bits per heavy atom. The van der Waals surface area contributed by atoms with Crippen molar-refractivity contribution >= 4 is 5.91 Å². The first-order valence-electron chi connectivity index (χ1n) is 7.93. The van der Waals surface area contributed by atoms with E-state index in [-0.39, 0.29) is 12.4 Å². The number of aromatic nitrogens is 1. The van der Waals surface area contributed by atoms with Crippen molar-refractivity contribution in [2.24, 2.45) is 5.73 Å². The first-order chi connectivity index (χ1) is 11.0. The largest absolute Gasteiger partial charge is 0.508 e. The van der Waals surface area contributed by atoms with E-state index in [1.165, 1.54) is 0 Å². The molecular formula is C18H24N2O3. The summed E-state index contributed by atoms with van der Waals surface area (Å²) < 4.78 is 2.07. The number of nitrogens with zero attached hydrogens (tertiary/aromatic N) is 1. The lowest BCUT2D eigenvalue weighted by atomic mass is 9.98. The molecule has 0 spiro atoms. The number of benzene rings is 1. The Labute approximate surface area is 136 Å². The van der Waals surface area contributed by atoms with Gasteiger partial charge in [-0.2, -0.15) is 0 Å². The molecule has 0 fully saturated rings. The molecule has 0 bridgehead atoms. The molecule has 5 nitrogen and oxygen atoms in total. The molecule has 2 rings (SSSR count). The Balaban J connectivity index is 2.73. The van der Waals surface area contributed by atoms with E-state index in [0.717, 1.165) is 35.4 Å². The molecule has 124 valence electrons. The summed E-state index contributed by atoms with van der Waals surface area (Å²) in [5.41, 5.74) is 9.55. The first kappa shape index (κ1) is 17.1. The van der Waals surface area contributed by atoms with Crippen molar-refractivity contribution in [2.75, 3.05) is 6.61 Å². The lowest BCUT2D eigenvalue weighted by Crippen LogP contribution is -2.13. The van der Waals surface area contributed by atoms with Gasteiger partial charge in [0.05, 0.1) is 5.56 Å². The number of aromatic hydroxyl groups is 1. The Morgan fingerprint density at radius 1 is 1.35 bits per heavy atom. The summed E-state index contributed by atoms with van der Waals surface area (Å²) in [5.74, 6) is -0.318. The van der Waals surface area contributed by atoms with Crippen LogP contribution < -0.4 is 5.73 Å². The maximum atomic E-state index is 12.0. The maximum absolute atomic E-state index is 12.0. The third-order valence-corrected chi connectivity index (χ3v) is 4.04. The van der Waals surface area contributed by atoms with E-state index >= 15 is 0 Å². The second kappa shape index (κ2) is 7.33. The molecule has 1 amide bonds. The van der Waals surface area contributed by atoms with E-state index < -0.39 is 5.91 Å². The van der Waals surface area contributed by atoms with Crippen LogP contribution in [-0.4, -0.2) is 27.3 Å². The zero-order valence-electron chi connectivity index (χ0n) is 13.7.